The predicted molar refractivity (Wildman–Crippen MR) is 87.8 cm³/mol. The molecule has 1 aliphatic carbocycles. The first-order valence-corrected chi connectivity index (χ1v) is 7.95. The molecule has 0 saturated heterocycles. The van der Waals surface area contributed by atoms with Crippen LogP contribution in [0.1, 0.15) is 32.1 Å². The van der Waals surface area contributed by atoms with Gasteiger partial charge in [-0.1, -0.05) is 19.3 Å². The van der Waals surface area contributed by atoms with Gasteiger partial charge >= 0.3 is 11.8 Å². The van der Waals surface area contributed by atoms with Crippen LogP contribution < -0.4 is 20.1 Å². The third-order valence-electron chi connectivity index (χ3n) is 4.12. The number of methoxy groups -OCH3 is 2. The molecule has 0 aromatic heterocycles. The highest BCUT2D eigenvalue weighted by molar-refractivity contribution is 6.39. The minimum Gasteiger partial charge on any atom is -0.493 e. The van der Waals surface area contributed by atoms with E-state index in [1.54, 1.807) is 18.2 Å². The molecule has 6 nitrogen and oxygen atoms in total. The summed E-state index contributed by atoms with van der Waals surface area (Å²) in [6.45, 7) is 0.568. The second-order valence-electron chi connectivity index (χ2n) is 5.74. The molecule has 0 bridgehead atoms. The van der Waals surface area contributed by atoms with Gasteiger partial charge in [-0.3, -0.25) is 9.59 Å². The molecule has 126 valence electrons. The third-order valence-corrected chi connectivity index (χ3v) is 4.12. The molecule has 1 saturated carbocycles. The lowest BCUT2D eigenvalue weighted by Gasteiger charge is -2.21. The number of hydrogen-bond donors (Lipinski definition) is 2. The maximum atomic E-state index is 11.9. The van der Waals surface area contributed by atoms with Gasteiger partial charge in [-0.25, -0.2) is 0 Å². The standard InChI is InChI=1S/C17H24N2O4/c1-22-14-9-8-13(10-15(14)23-2)19-17(21)16(20)18-11-12-6-4-3-5-7-12/h8-10,12H,3-7,11H2,1-2H3,(H,18,20)(H,19,21). The van der Waals surface area contributed by atoms with Crippen molar-refractivity contribution in [3.63, 3.8) is 0 Å². The molecule has 23 heavy (non-hydrogen) atoms. The van der Waals surface area contributed by atoms with E-state index in [-0.39, 0.29) is 0 Å². The number of amides is 2. The van der Waals surface area contributed by atoms with Gasteiger partial charge in [-0.15, -0.1) is 0 Å². The van der Waals surface area contributed by atoms with Gasteiger partial charge in [0.1, 0.15) is 0 Å². The van der Waals surface area contributed by atoms with Crippen LogP contribution >= 0.6 is 0 Å². The Morgan fingerprint density at radius 3 is 2.39 bits per heavy atom. The van der Waals surface area contributed by atoms with E-state index >= 15 is 0 Å². The lowest BCUT2D eigenvalue weighted by Crippen LogP contribution is -2.38. The van der Waals surface area contributed by atoms with E-state index in [9.17, 15) is 9.59 Å². The third kappa shape index (κ3) is 4.87. The van der Waals surface area contributed by atoms with Crippen LogP contribution in [-0.4, -0.2) is 32.6 Å². The molecule has 1 fully saturated rings. The highest BCUT2D eigenvalue weighted by Crippen LogP contribution is 2.29. The number of nitrogens with one attached hydrogen (secondary N) is 2. The molecule has 0 heterocycles. The van der Waals surface area contributed by atoms with E-state index in [0.29, 0.717) is 29.6 Å². The fourth-order valence-electron chi connectivity index (χ4n) is 2.81. The zero-order valence-electron chi connectivity index (χ0n) is 13.7. The number of benzene rings is 1. The predicted octanol–water partition coefficient (Wildman–Crippen LogP) is 2.34. The summed E-state index contributed by atoms with van der Waals surface area (Å²) >= 11 is 0. The van der Waals surface area contributed by atoms with Crippen molar-refractivity contribution in [1.82, 2.24) is 5.32 Å². The molecule has 0 aliphatic heterocycles. The SMILES string of the molecule is COc1ccc(NC(=O)C(=O)NCC2CCCCC2)cc1OC. The van der Waals surface area contributed by atoms with Gasteiger partial charge in [-0.2, -0.15) is 0 Å². The van der Waals surface area contributed by atoms with Crippen molar-refractivity contribution in [3.8, 4) is 11.5 Å². The van der Waals surface area contributed by atoms with E-state index in [2.05, 4.69) is 10.6 Å². The van der Waals surface area contributed by atoms with E-state index < -0.39 is 11.8 Å². The fourth-order valence-corrected chi connectivity index (χ4v) is 2.81. The minimum absolute atomic E-state index is 0.487. The normalized spacial score (nSPS) is 14.9. The summed E-state index contributed by atoms with van der Waals surface area (Å²) in [6, 6.07) is 4.95. The number of carbonyl (C=O) groups excluding carboxylic acids is 2. The Bertz CT molecular complexity index is 554. The van der Waals surface area contributed by atoms with Crippen LogP contribution in [0.4, 0.5) is 5.69 Å². The quantitative estimate of drug-likeness (QED) is 0.817. The van der Waals surface area contributed by atoms with Crippen LogP contribution in [-0.2, 0) is 9.59 Å². The number of rotatable bonds is 5. The van der Waals surface area contributed by atoms with Gasteiger partial charge in [0, 0.05) is 18.3 Å². The summed E-state index contributed by atoms with van der Waals surface area (Å²) in [4.78, 5) is 23.8. The van der Waals surface area contributed by atoms with Gasteiger partial charge in [0.05, 0.1) is 14.2 Å². The van der Waals surface area contributed by atoms with Crippen molar-refractivity contribution >= 4 is 17.5 Å². The Kier molecular flexibility index (Phi) is 6.26. The number of ether oxygens (including phenoxy) is 2. The van der Waals surface area contributed by atoms with Crippen molar-refractivity contribution in [2.75, 3.05) is 26.1 Å². The highest BCUT2D eigenvalue weighted by Gasteiger charge is 2.18. The number of hydrogen-bond acceptors (Lipinski definition) is 4. The van der Waals surface area contributed by atoms with Crippen molar-refractivity contribution in [1.29, 1.82) is 0 Å². The fraction of sp³-hybridized carbons (Fsp3) is 0.529. The van der Waals surface area contributed by atoms with Crippen molar-refractivity contribution in [2.45, 2.75) is 32.1 Å². The molecule has 2 rings (SSSR count). The first-order valence-electron chi connectivity index (χ1n) is 7.95. The van der Waals surface area contributed by atoms with Crippen LogP contribution in [0, 0.1) is 5.92 Å². The average molecular weight is 320 g/mol. The molecule has 0 atom stereocenters. The Hall–Kier alpha value is -2.24. The summed E-state index contributed by atoms with van der Waals surface area (Å²) in [5, 5.41) is 5.29. The Morgan fingerprint density at radius 2 is 1.74 bits per heavy atom. The summed E-state index contributed by atoms with van der Waals surface area (Å²) in [7, 11) is 3.05. The van der Waals surface area contributed by atoms with Gasteiger partial charge in [0.15, 0.2) is 11.5 Å². The Labute approximate surface area is 136 Å². The summed E-state index contributed by atoms with van der Waals surface area (Å²) < 4.78 is 10.3. The lowest BCUT2D eigenvalue weighted by atomic mass is 9.89. The Morgan fingerprint density at radius 1 is 1.04 bits per heavy atom. The summed E-state index contributed by atoms with van der Waals surface area (Å²) in [6.07, 6.45) is 5.93. The van der Waals surface area contributed by atoms with Crippen molar-refractivity contribution < 1.29 is 19.1 Å². The maximum Gasteiger partial charge on any atom is 0.313 e. The summed E-state index contributed by atoms with van der Waals surface area (Å²) in [5.41, 5.74) is 0.487. The molecule has 0 radical (unpaired) electrons. The van der Waals surface area contributed by atoms with Gasteiger partial charge in [0.2, 0.25) is 0 Å². The largest absolute Gasteiger partial charge is 0.493 e. The van der Waals surface area contributed by atoms with E-state index in [4.69, 9.17) is 9.47 Å². The lowest BCUT2D eigenvalue weighted by molar-refractivity contribution is -0.136. The molecule has 0 spiro atoms. The van der Waals surface area contributed by atoms with E-state index in [1.807, 2.05) is 0 Å². The minimum atomic E-state index is -0.673. The molecule has 6 heteroatoms. The first-order chi connectivity index (χ1) is 11.1. The zero-order valence-corrected chi connectivity index (χ0v) is 13.7. The molecule has 1 aromatic rings. The van der Waals surface area contributed by atoms with E-state index in [0.717, 1.165) is 12.8 Å². The van der Waals surface area contributed by atoms with Crippen molar-refractivity contribution in [2.24, 2.45) is 5.92 Å². The molecular formula is C17H24N2O4. The first kappa shape index (κ1) is 17.1. The van der Waals surface area contributed by atoms with Crippen LogP contribution in [0.2, 0.25) is 0 Å². The smallest absolute Gasteiger partial charge is 0.313 e. The topological polar surface area (TPSA) is 76.7 Å². The molecule has 0 unspecified atom stereocenters. The second kappa shape index (κ2) is 8.41. The monoisotopic (exact) mass is 320 g/mol. The second-order valence-corrected chi connectivity index (χ2v) is 5.74. The molecular weight excluding hydrogens is 296 g/mol. The molecule has 2 amide bonds. The number of carbonyl (C=O) groups is 2. The molecule has 1 aliphatic rings. The van der Waals surface area contributed by atoms with Gasteiger partial charge in [-0.05, 0) is 30.9 Å². The van der Waals surface area contributed by atoms with Gasteiger partial charge < -0.3 is 20.1 Å². The maximum absolute atomic E-state index is 11.9. The van der Waals surface area contributed by atoms with E-state index in [1.165, 1.54) is 33.5 Å². The number of anilines is 1. The molecule has 2 N–H and O–H groups in total. The van der Waals surface area contributed by atoms with Crippen LogP contribution in [0.3, 0.4) is 0 Å². The highest BCUT2D eigenvalue weighted by atomic mass is 16.5. The Balaban J connectivity index is 1.86. The van der Waals surface area contributed by atoms with Crippen molar-refractivity contribution in [3.05, 3.63) is 18.2 Å². The van der Waals surface area contributed by atoms with Gasteiger partial charge in [0.25, 0.3) is 0 Å². The van der Waals surface area contributed by atoms with Crippen LogP contribution in [0.5, 0.6) is 11.5 Å². The average Bonchev–Trinajstić information content (AvgIpc) is 2.60. The summed E-state index contributed by atoms with van der Waals surface area (Å²) in [5.74, 6) is 0.264. The van der Waals surface area contributed by atoms with Crippen LogP contribution in [0.15, 0.2) is 18.2 Å². The zero-order chi connectivity index (χ0) is 16.7. The molecule has 1 aromatic carbocycles. The van der Waals surface area contributed by atoms with Crippen LogP contribution in [0.25, 0.3) is 0 Å².